The summed E-state index contributed by atoms with van der Waals surface area (Å²) in [5.41, 5.74) is 2.74. The Morgan fingerprint density at radius 2 is 1.78 bits per heavy atom. The largest absolute Gasteiger partial charge is 0.497 e. The number of hydrogen-bond acceptors (Lipinski definition) is 6. The van der Waals surface area contributed by atoms with E-state index in [-0.39, 0.29) is 24.3 Å². The number of methoxy groups -OCH3 is 2. The van der Waals surface area contributed by atoms with Crippen LogP contribution in [0.3, 0.4) is 0 Å². The van der Waals surface area contributed by atoms with Crippen LogP contribution in [0.4, 0.5) is 5.69 Å². The van der Waals surface area contributed by atoms with E-state index in [1.807, 2.05) is 17.9 Å². The fourth-order valence-electron chi connectivity index (χ4n) is 4.44. The van der Waals surface area contributed by atoms with Gasteiger partial charge in [0.05, 0.1) is 25.5 Å². The normalized spacial score (nSPS) is 19.1. The van der Waals surface area contributed by atoms with Crippen LogP contribution in [0.1, 0.15) is 24.0 Å². The monoisotopic (exact) mass is 436 g/mol. The number of aryl methyl sites for hydroxylation is 1. The summed E-state index contributed by atoms with van der Waals surface area (Å²) in [6.07, 6.45) is 1.75. The Bertz CT molecular complexity index is 1060. The maximum Gasteiger partial charge on any atom is 0.282 e. The van der Waals surface area contributed by atoms with Crippen molar-refractivity contribution in [1.82, 2.24) is 4.90 Å². The summed E-state index contributed by atoms with van der Waals surface area (Å²) in [5.74, 6) is 0.440. The van der Waals surface area contributed by atoms with Gasteiger partial charge in [-0.25, -0.2) is 4.90 Å². The lowest BCUT2D eigenvalue weighted by molar-refractivity contribution is -0.120. The molecule has 7 nitrogen and oxygen atoms in total. The van der Waals surface area contributed by atoms with Gasteiger partial charge < -0.3 is 19.5 Å². The summed E-state index contributed by atoms with van der Waals surface area (Å²) in [7, 11) is 3.10. The SMILES string of the molecule is COc1ccc(C2=C(N3CCCC(CO)C3)C(=O)N(c3cc(C)ccc3OC)C2=O)cc1. The smallest absolute Gasteiger partial charge is 0.282 e. The van der Waals surface area contributed by atoms with E-state index in [1.165, 1.54) is 12.0 Å². The van der Waals surface area contributed by atoms with Crippen molar-refractivity contribution >= 4 is 23.1 Å². The number of piperidine rings is 1. The summed E-state index contributed by atoms with van der Waals surface area (Å²) in [6.45, 7) is 3.15. The molecule has 1 unspecified atom stereocenters. The number of carbonyl (C=O) groups is 2. The molecule has 0 spiro atoms. The number of amides is 2. The predicted octanol–water partition coefficient (Wildman–Crippen LogP) is 3.00. The van der Waals surface area contributed by atoms with Crippen LogP contribution in [0.25, 0.3) is 5.57 Å². The maximum atomic E-state index is 13.8. The van der Waals surface area contributed by atoms with Crippen molar-refractivity contribution in [1.29, 1.82) is 0 Å². The highest BCUT2D eigenvalue weighted by Crippen LogP contribution is 2.40. The number of nitrogens with zero attached hydrogens (tertiary/aromatic N) is 2. The second-order valence-electron chi connectivity index (χ2n) is 8.21. The molecule has 1 atom stereocenters. The molecule has 32 heavy (non-hydrogen) atoms. The molecule has 2 aliphatic heterocycles. The minimum absolute atomic E-state index is 0.0548. The Balaban J connectivity index is 1.84. The molecule has 2 heterocycles. The number of hydrogen-bond donors (Lipinski definition) is 1. The van der Waals surface area contributed by atoms with Crippen molar-refractivity contribution in [2.75, 3.05) is 38.8 Å². The highest BCUT2D eigenvalue weighted by atomic mass is 16.5. The first-order chi connectivity index (χ1) is 15.5. The molecule has 7 heteroatoms. The zero-order valence-electron chi connectivity index (χ0n) is 18.6. The standard InChI is InChI=1S/C25H28N2O5/c1-16-6-11-21(32-3)20(13-16)27-24(29)22(18-7-9-19(31-2)10-8-18)23(25(27)30)26-12-4-5-17(14-26)15-28/h6-11,13,17,28H,4-5,12,14-15H2,1-3H3. The van der Waals surface area contributed by atoms with Gasteiger partial charge in [-0.3, -0.25) is 9.59 Å². The van der Waals surface area contributed by atoms with Crippen LogP contribution in [0.2, 0.25) is 0 Å². The van der Waals surface area contributed by atoms with E-state index >= 15 is 0 Å². The van der Waals surface area contributed by atoms with Gasteiger partial charge in [-0.1, -0.05) is 18.2 Å². The van der Waals surface area contributed by atoms with E-state index in [0.717, 1.165) is 18.4 Å². The molecule has 4 rings (SSSR count). The van der Waals surface area contributed by atoms with Crippen molar-refractivity contribution in [3.8, 4) is 11.5 Å². The summed E-state index contributed by atoms with van der Waals surface area (Å²) in [5, 5.41) is 9.70. The predicted molar refractivity (Wildman–Crippen MR) is 122 cm³/mol. The Morgan fingerprint density at radius 1 is 1.03 bits per heavy atom. The molecule has 0 radical (unpaired) electrons. The van der Waals surface area contributed by atoms with E-state index in [2.05, 4.69) is 0 Å². The lowest BCUT2D eigenvalue weighted by atomic mass is 9.97. The van der Waals surface area contributed by atoms with E-state index in [1.54, 1.807) is 43.5 Å². The number of anilines is 1. The molecule has 2 aromatic rings. The fraction of sp³-hybridized carbons (Fsp3) is 0.360. The number of benzene rings is 2. The van der Waals surface area contributed by atoms with Gasteiger partial charge in [0.15, 0.2) is 0 Å². The van der Waals surface area contributed by atoms with Crippen LogP contribution >= 0.6 is 0 Å². The van der Waals surface area contributed by atoms with Crippen molar-refractivity contribution in [3.63, 3.8) is 0 Å². The molecule has 0 saturated carbocycles. The number of rotatable bonds is 6. The van der Waals surface area contributed by atoms with Crippen molar-refractivity contribution < 1.29 is 24.2 Å². The summed E-state index contributed by atoms with van der Waals surface area (Å²) in [6, 6.07) is 12.6. The van der Waals surface area contributed by atoms with E-state index in [9.17, 15) is 14.7 Å². The molecule has 1 saturated heterocycles. The minimum atomic E-state index is -0.384. The van der Waals surface area contributed by atoms with Gasteiger partial charge in [0.25, 0.3) is 11.8 Å². The third-order valence-electron chi connectivity index (χ3n) is 6.11. The molecule has 2 amide bonds. The number of likely N-dealkylation sites (tertiary alicyclic amines) is 1. The Kier molecular flexibility index (Phi) is 6.19. The highest BCUT2D eigenvalue weighted by molar-refractivity contribution is 6.45. The Labute approximate surface area is 187 Å². The van der Waals surface area contributed by atoms with E-state index in [4.69, 9.17) is 9.47 Å². The van der Waals surface area contributed by atoms with Gasteiger partial charge in [0.2, 0.25) is 0 Å². The van der Waals surface area contributed by atoms with Crippen LogP contribution in [0, 0.1) is 12.8 Å². The van der Waals surface area contributed by atoms with Gasteiger partial charge in [-0.2, -0.15) is 0 Å². The summed E-state index contributed by atoms with van der Waals surface area (Å²) < 4.78 is 10.7. The Morgan fingerprint density at radius 3 is 2.44 bits per heavy atom. The van der Waals surface area contributed by atoms with Gasteiger partial charge in [0.1, 0.15) is 17.2 Å². The molecular formula is C25H28N2O5. The molecule has 0 bridgehead atoms. The second kappa shape index (κ2) is 9.04. The van der Waals surface area contributed by atoms with Crippen LogP contribution in [-0.4, -0.2) is 55.7 Å². The van der Waals surface area contributed by atoms with E-state index < -0.39 is 0 Å². The molecule has 0 aromatic heterocycles. The topological polar surface area (TPSA) is 79.3 Å². The molecule has 2 aliphatic rings. The minimum Gasteiger partial charge on any atom is -0.497 e. The average molecular weight is 437 g/mol. The summed E-state index contributed by atoms with van der Waals surface area (Å²) >= 11 is 0. The second-order valence-corrected chi connectivity index (χ2v) is 8.21. The zero-order chi connectivity index (χ0) is 22.8. The lowest BCUT2D eigenvalue weighted by Crippen LogP contribution is -2.40. The fourth-order valence-corrected chi connectivity index (χ4v) is 4.44. The third kappa shape index (κ3) is 3.84. The number of imide groups is 1. The average Bonchev–Trinajstić information content (AvgIpc) is 3.08. The number of carbonyl (C=O) groups excluding carboxylic acids is 2. The van der Waals surface area contributed by atoms with Gasteiger partial charge in [-0.05, 0) is 61.1 Å². The molecular weight excluding hydrogens is 408 g/mol. The first-order valence-electron chi connectivity index (χ1n) is 10.8. The zero-order valence-corrected chi connectivity index (χ0v) is 18.6. The maximum absolute atomic E-state index is 13.8. The van der Waals surface area contributed by atoms with Gasteiger partial charge in [0, 0.05) is 19.7 Å². The first kappa shape index (κ1) is 21.9. The number of aliphatic hydroxyl groups is 1. The van der Waals surface area contributed by atoms with Crippen LogP contribution < -0.4 is 14.4 Å². The molecule has 0 aliphatic carbocycles. The molecule has 2 aromatic carbocycles. The molecule has 168 valence electrons. The van der Waals surface area contributed by atoms with Crippen LogP contribution in [0.15, 0.2) is 48.2 Å². The highest BCUT2D eigenvalue weighted by Gasteiger charge is 2.44. The van der Waals surface area contributed by atoms with Crippen LogP contribution in [0.5, 0.6) is 11.5 Å². The van der Waals surface area contributed by atoms with Crippen molar-refractivity contribution in [2.45, 2.75) is 19.8 Å². The van der Waals surface area contributed by atoms with Gasteiger partial charge >= 0.3 is 0 Å². The molecule has 1 N–H and O–H groups in total. The third-order valence-corrected chi connectivity index (χ3v) is 6.11. The Hall–Kier alpha value is -3.32. The van der Waals surface area contributed by atoms with Crippen molar-refractivity contribution in [3.05, 3.63) is 59.3 Å². The lowest BCUT2D eigenvalue weighted by Gasteiger charge is -2.34. The number of aliphatic hydroxyl groups excluding tert-OH is 1. The first-order valence-corrected chi connectivity index (χ1v) is 10.8. The van der Waals surface area contributed by atoms with Crippen LogP contribution in [-0.2, 0) is 9.59 Å². The van der Waals surface area contributed by atoms with Gasteiger partial charge in [-0.15, -0.1) is 0 Å². The number of ether oxygens (including phenoxy) is 2. The molecule has 1 fully saturated rings. The van der Waals surface area contributed by atoms with Crippen molar-refractivity contribution in [2.24, 2.45) is 5.92 Å². The quantitative estimate of drug-likeness (QED) is 0.702. The van der Waals surface area contributed by atoms with E-state index in [0.29, 0.717) is 47.1 Å². The summed E-state index contributed by atoms with van der Waals surface area (Å²) in [4.78, 5) is 30.7.